The zero-order valence-corrected chi connectivity index (χ0v) is 13.1. The summed E-state index contributed by atoms with van der Waals surface area (Å²) in [5.41, 5.74) is 0.0893. The van der Waals surface area contributed by atoms with Gasteiger partial charge >= 0.3 is 0 Å². The van der Waals surface area contributed by atoms with E-state index in [1.54, 1.807) is 0 Å². The predicted molar refractivity (Wildman–Crippen MR) is 78.5 cm³/mol. The summed E-state index contributed by atoms with van der Waals surface area (Å²) in [4.78, 5) is 8.98. The first-order valence-electron chi connectivity index (χ1n) is 5.54. The number of guanidine groups is 1. The number of rotatable bonds is 4. The SMILES string of the molecule is CN1CCN(C)C1=NCC(C)(C)CCO.I. The van der Waals surface area contributed by atoms with E-state index in [1.165, 1.54) is 0 Å². The first-order chi connectivity index (χ1) is 6.96. The monoisotopic (exact) mass is 341 g/mol. The summed E-state index contributed by atoms with van der Waals surface area (Å²) in [6, 6.07) is 0. The molecule has 0 aromatic carbocycles. The van der Waals surface area contributed by atoms with E-state index in [9.17, 15) is 0 Å². The number of hydrogen-bond acceptors (Lipinski definition) is 2. The second kappa shape index (κ2) is 6.64. The van der Waals surface area contributed by atoms with Crippen molar-refractivity contribution >= 4 is 29.9 Å². The van der Waals surface area contributed by atoms with Crippen molar-refractivity contribution in [3.05, 3.63) is 0 Å². The van der Waals surface area contributed by atoms with Crippen LogP contribution in [0.15, 0.2) is 4.99 Å². The lowest BCUT2D eigenvalue weighted by Gasteiger charge is -2.23. The third kappa shape index (κ3) is 4.45. The summed E-state index contributed by atoms with van der Waals surface area (Å²) in [6.07, 6.45) is 0.803. The Morgan fingerprint density at radius 2 is 1.75 bits per heavy atom. The molecule has 1 aliphatic heterocycles. The molecule has 0 saturated carbocycles. The van der Waals surface area contributed by atoms with Crippen molar-refractivity contribution < 1.29 is 5.11 Å². The Morgan fingerprint density at radius 3 is 2.19 bits per heavy atom. The van der Waals surface area contributed by atoms with E-state index in [2.05, 4.69) is 42.7 Å². The van der Waals surface area contributed by atoms with Crippen LogP contribution in [0.4, 0.5) is 0 Å². The average Bonchev–Trinajstić information content (AvgIpc) is 2.44. The van der Waals surface area contributed by atoms with Crippen LogP contribution in [0, 0.1) is 5.41 Å². The first-order valence-corrected chi connectivity index (χ1v) is 5.54. The minimum absolute atomic E-state index is 0. The van der Waals surface area contributed by atoms with Crippen LogP contribution in [0.25, 0.3) is 0 Å². The number of aliphatic imine (C=N–C) groups is 1. The van der Waals surface area contributed by atoms with Gasteiger partial charge < -0.3 is 14.9 Å². The molecular formula is C11H24IN3O. The maximum absolute atomic E-state index is 8.93. The number of halogens is 1. The number of hydrogen-bond donors (Lipinski definition) is 1. The van der Waals surface area contributed by atoms with Crippen LogP contribution in [-0.2, 0) is 0 Å². The van der Waals surface area contributed by atoms with Gasteiger partial charge in [0.15, 0.2) is 5.96 Å². The number of aliphatic hydroxyl groups excluding tert-OH is 1. The van der Waals surface area contributed by atoms with Crippen LogP contribution in [0.1, 0.15) is 20.3 Å². The Labute approximate surface area is 116 Å². The highest BCUT2D eigenvalue weighted by atomic mass is 127. The molecule has 0 aliphatic carbocycles. The van der Waals surface area contributed by atoms with Crippen molar-refractivity contribution in [2.75, 3.05) is 40.3 Å². The van der Waals surface area contributed by atoms with Crippen molar-refractivity contribution in [1.29, 1.82) is 0 Å². The second-order valence-corrected chi connectivity index (χ2v) is 5.10. The van der Waals surface area contributed by atoms with Crippen molar-refractivity contribution in [3.8, 4) is 0 Å². The zero-order chi connectivity index (χ0) is 11.5. The predicted octanol–water partition coefficient (Wildman–Crippen LogP) is 1.25. The normalized spacial score (nSPS) is 16.4. The van der Waals surface area contributed by atoms with E-state index >= 15 is 0 Å². The van der Waals surface area contributed by atoms with Crippen molar-refractivity contribution in [3.63, 3.8) is 0 Å². The van der Waals surface area contributed by atoms with Gasteiger partial charge in [-0.2, -0.15) is 0 Å². The molecule has 1 aliphatic rings. The maximum Gasteiger partial charge on any atom is 0.196 e. The number of aliphatic hydroxyl groups is 1. The standard InChI is InChI=1S/C11H23N3O.HI/c1-11(2,5-8-15)9-12-10-13(3)6-7-14(10)4;/h15H,5-9H2,1-4H3;1H. The van der Waals surface area contributed by atoms with Crippen molar-refractivity contribution in [1.82, 2.24) is 9.80 Å². The molecule has 16 heavy (non-hydrogen) atoms. The number of likely N-dealkylation sites (N-methyl/N-ethyl adjacent to an activating group) is 2. The molecule has 1 heterocycles. The van der Waals surface area contributed by atoms with Gasteiger partial charge in [-0.05, 0) is 11.8 Å². The van der Waals surface area contributed by atoms with E-state index < -0.39 is 0 Å². The highest BCUT2D eigenvalue weighted by molar-refractivity contribution is 14.0. The van der Waals surface area contributed by atoms with E-state index in [4.69, 9.17) is 5.11 Å². The fourth-order valence-corrected chi connectivity index (χ4v) is 1.70. The highest BCUT2D eigenvalue weighted by Gasteiger charge is 2.22. The van der Waals surface area contributed by atoms with Crippen LogP contribution in [0.3, 0.4) is 0 Å². The summed E-state index contributed by atoms with van der Waals surface area (Å²) >= 11 is 0. The largest absolute Gasteiger partial charge is 0.396 e. The number of nitrogens with zero attached hydrogens (tertiary/aromatic N) is 3. The Hall–Kier alpha value is -0.0400. The van der Waals surface area contributed by atoms with E-state index in [0.717, 1.165) is 32.0 Å². The van der Waals surface area contributed by atoms with Crippen LogP contribution >= 0.6 is 24.0 Å². The second-order valence-electron chi connectivity index (χ2n) is 5.10. The minimum Gasteiger partial charge on any atom is -0.396 e. The molecule has 5 heteroatoms. The molecule has 0 aromatic rings. The molecule has 0 atom stereocenters. The lowest BCUT2D eigenvalue weighted by molar-refractivity contribution is 0.216. The third-order valence-corrected chi connectivity index (χ3v) is 2.89. The average molecular weight is 341 g/mol. The van der Waals surface area contributed by atoms with Gasteiger partial charge in [-0.3, -0.25) is 4.99 Å². The van der Waals surface area contributed by atoms with Gasteiger partial charge in [0.25, 0.3) is 0 Å². The fraction of sp³-hybridized carbons (Fsp3) is 0.909. The Balaban J connectivity index is 0.00000225. The summed E-state index contributed by atoms with van der Waals surface area (Å²) in [5, 5.41) is 8.93. The van der Waals surface area contributed by atoms with Crippen LogP contribution in [0.2, 0.25) is 0 Å². The van der Waals surface area contributed by atoms with Crippen LogP contribution in [-0.4, -0.2) is 61.2 Å². The molecule has 96 valence electrons. The molecule has 1 saturated heterocycles. The van der Waals surface area contributed by atoms with E-state index in [0.29, 0.717) is 0 Å². The molecule has 0 bridgehead atoms. The summed E-state index contributed by atoms with van der Waals surface area (Å²) in [6.45, 7) is 7.40. The topological polar surface area (TPSA) is 39.1 Å². The molecule has 0 radical (unpaired) electrons. The highest BCUT2D eigenvalue weighted by Crippen LogP contribution is 2.20. The molecule has 0 amide bonds. The van der Waals surface area contributed by atoms with Gasteiger partial charge in [0.1, 0.15) is 0 Å². The quantitative estimate of drug-likeness (QED) is 0.783. The lowest BCUT2D eigenvalue weighted by atomic mass is 9.90. The summed E-state index contributed by atoms with van der Waals surface area (Å²) in [7, 11) is 4.14. The smallest absolute Gasteiger partial charge is 0.196 e. The van der Waals surface area contributed by atoms with Gasteiger partial charge in [-0.1, -0.05) is 13.8 Å². The molecular weight excluding hydrogens is 317 g/mol. The lowest BCUT2D eigenvalue weighted by Crippen LogP contribution is -2.30. The minimum atomic E-state index is 0. The van der Waals surface area contributed by atoms with Crippen molar-refractivity contribution in [2.24, 2.45) is 10.4 Å². The van der Waals surface area contributed by atoms with Gasteiger partial charge in [0.05, 0.1) is 0 Å². The van der Waals surface area contributed by atoms with Gasteiger partial charge in [-0.15, -0.1) is 24.0 Å². The summed E-state index contributed by atoms with van der Waals surface area (Å²) < 4.78 is 0. The van der Waals surface area contributed by atoms with Crippen LogP contribution < -0.4 is 0 Å². The molecule has 4 nitrogen and oxygen atoms in total. The third-order valence-electron chi connectivity index (χ3n) is 2.89. The Morgan fingerprint density at radius 1 is 1.25 bits per heavy atom. The Kier molecular flexibility index (Phi) is 6.62. The van der Waals surface area contributed by atoms with Crippen molar-refractivity contribution in [2.45, 2.75) is 20.3 Å². The molecule has 0 aromatic heterocycles. The zero-order valence-electron chi connectivity index (χ0n) is 10.7. The Bertz CT molecular complexity index is 231. The summed E-state index contributed by atoms with van der Waals surface area (Å²) in [5.74, 6) is 1.07. The maximum atomic E-state index is 8.93. The fourth-order valence-electron chi connectivity index (χ4n) is 1.70. The molecule has 1 N–H and O–H groups in total. The molecule has 0 spiro atoms. The van der Waals surface area contributed by atoms with E-state index in [1.807, 2.05) is 0 Å². The van der Waals surface area contributed by atoms with Crippen LogP contribution in [0.5, 0.6) is 0 Å². The van der Waals surface area contributed by atoms with E-state index in [-0.39, 0.29) is 36.0 Å². The molecule has 1 fully saturated rings. The molecule has 0 unspecified atom stereocenters. The van der Waals surface area contributed by atoms with Gasteiger partial charge in [-0.25, -0.2) is 0 Å². The molecule has 1 rings (SSSR count). The first kappa shape index (κ1) is 16.0. The van der Waals surface area contributed by atoms with Gasteiger partial charge in [0.2, 0.25) is 0 Å². The van der Waals surface area contributed by atoms with Gasteiger partial charge in [0, 0.05) is 40.3 Å².